The molecular weight excluding hydrogens is 366 g/mol. The highest BCUT2D eigenvalue weighted by atomic mass is 35.5. The lowest BCUT2D eigenvalue weighted by molar-refractivity contribution is -0.130. The third-order valence-electron chi connectivity index (χ3n) is 4.51. The Morgan fingerprint density at radius 3 is 2.30 bits per heavy atom. The third-order valence-corrected chi connectivity index (χ3v) is 4.77. The van der Waals surface area contributed by atoms with Crippen molar-refractivity contribution in [1.29, 1.82) is 0 Å². The zero-order chi connectivity index (χ0) is 18.6. The lowest BCUT2D eigenvalue weighted by Gasteiger charge is -2.35. The van der Waals surface area contributed by atoms with Crippen LogP contribution in [0.5, 0.6) is 0 Å². The fourth-order valence-electron chi connectivity index (χ4n) is 3.01. The van der Waals surface area contributed by atoms with Gasteiger partial charge in [0.1, 0.15) is 12.7 Å². The molecule has 0 spiro atoms. The molecule has 4 rings (SSSR count). The Hall–Kier alpha value is -3.00. The van der Waals surface area contributed by atoms with E-state index in [-0.39, 0.29) is 5.91 Å². The van der Waals surface area contributed by atoms with Crippen LogP contribution in [-0.4, -0.2) is 61.9 Å². The Morgan fingerprint density at radius 1 is 0.963 bits per heavy atom. The number of anilines is 1. The summed E-state index contributed by atoms with van der Waals surface area (Å²) in [5.74, 6) is 1.54. The Balaban J connectivity index is 1.33. The minimum absolute atomic E-state index is 0.129. The van der Waals surface area contributed by atoms with Crippen molar-refractivity contribution in [1.82, 2.24) is 29.9 Å². The molecule has 8 nitrogen and oxygen atoms in total. The van der Waals surface area contributed by atoms with Crippen LogP contribution in [0.4, 0.5) is 5.82 Å². The summed E-state index contributed by atoms with van der Waals surface area (Å²) >= 11 is 5.89. The van der Waals surface area contributed by atoms with Gasteiger partial charge >= 0.3 is 0 Å². The van der Waals surface area contributed by atoms with Crippen molar-refractivity contribution in [2.24, 2.45) is 0 Å². The van der Waals surface area contributed by atoms with E-state index in [1.165, 1.54) is 6.33 Å². The van der Waals surface area contributed by atoms with Crippen molar-refractivity contribution in [2.45, 2.75) is 6.42 Å². The highest BCUT2D eigenvalue weighted by Gasteiger charge is 2.22. The standard InChI is InChI=1S/C18H18ClN7O/c19-15-3-1-14(2-4-15)11-18(27)25-9-7-24(8-10-25)16-5-6-17(23-22-16)26-13-20-12-21-26/h1-6,12-13H,7-11H2. The number of hydrogen-bond acceptors (Lipinski definition) is 6. The summed E-state index contributed by atoms with van der Waals surface area (Å²) in [7, 11) is 0. The van der Waals surface area contributed by atoms with Crippen LogP contribution in [0.2, 0.25) is 5.02 Å². The van der Waals surface area contributed by atoms with E-state index in [1.54, 1.807) is 11.0 Å². The quantitative estimate of drug-likeness (QED) is 0.680. The van der Waals surface area contributed by atoms with Gasteiger partial charge in [-0.25, -0.2) is 9.67 Å². The Bertz CT molecular complexity index is 888. The van der Waals surface area contributed by atoms with Crippen LogP contribution < -0.4 is 4.90 Å². The van der Waals surface area contributed by atoms with Gasteiger partial charge in [-0.05, 0) is 29.8 Å². The molecule has 1 amide bonds. The Kier molecular flexibility index (Phi) is 4.97. The molecule has 0 atom stereocenters. The van der Waals surface area contributed by atoms with Crippen LogP contribution in [0, 0.1) is 0 Å². The molecule has 3 heterocycles. The van der Waals surface area contributed by atoms with Crippen LogP contribution in [0.1, 0.15) is 5.56 Å². The average molecular weight is 384 g/mol. The van der Waals surface area contributed by atoms with E-state index in [2.05, 4.69) is 25.2 Å². The molecule has 1 aliphatic heterocycles. The number of hydrogen-bond donors (Lipinski definition) is 0. The molecule has 2 aromatic heterocycles. The normalized spacial score (nSPS) is 14.4. The molecule has 1 aromatic carbocycles. The first kappa shape index (κ1) is 17.4. The van der Waals surface area contributed by atoms with Crippen LogP contribution in [0.15, 0.2) is 49.1 Å². The maximum Gasteiger partial charge on any atom is 0.227 e. The lowest BCUT2D eigenvalue weighted by Crippen LogP contribution is -2.49. The third kappa shape index (κ3) is 4.06. The van der Waals surface area contributed by atoms with Crippen molar-refractivity contribution in [3.8, 4) is 5.82 Å². The van der Waals surface area contributed by atoms with E-state index in [0.29, 0.717) is 30.4 Å². The molecule has 0 saturated carbocycles. The molecule has 1 saturated heterocycles. The fraction of sp³-hybridized carbons (Fsp3) is 0.278. The van der Waals surface area contributed by atoms with Gasteiger partial charge in [-0.2, -0.15) is 5.10 Å². The van der Waals surface area contributed by atoms with Crippen molar-refractivity contribution < 1.29 is 4.79 Å². The molecule has 1 aliphatic rings. The van der Waals surface area contributed by atoms with Gasteiger partial charge in [0, 0.05) is 31.2 Å². The van der Waals surface area contributed by atoms with Crippen molar-refractivity contribution in [2.75, 3.05) is 31.1 Å². The minimum Gasteiger partial charge on any atom is -0.352 e. The van der Waals surface area contributed by atoms with Gasteiger partial charge in [-0.1, -0.05) is 23.7 Å². The van der Waals surface area contributed by atoms with E-state index < -0.39 is 0 Å². The number of benzene rings is 1. The van der Waals surface area contributed by atoms with E-state index >= 15 is 0 Å². The molecule has 0 bridgehead atoms. The van der Waals surface area contributed by atoms with E-state index in [1.807, 2.05) is 41.3 Å². The first-order valence-electron chi connectivity index (χ1n) is 8.65. The number of piperazine rings is 1. The summed E-state index contributed by atoms with van der Waals surface area (Å²) in [6.45, 7) is 2.78. The smallest absolute Gasteiger partial charge is 0.227 e. The number of nitrogens with zero attached hydrogens (tertiary/aromatic N) is 7. The van der Waals surface area contributed by atoms with Gasteiger partial charge in [0.25, 0.3) is 0 Å². The predicted octanol–water partition coefficient (Wildman–Crippen LogP) is 1.60. The van der Waals surface area contributed by atoms with E-state index in [0.717, 1.165) is 24.5 Å². The summed E-state index contributed by atoms with van der Waals surface area (Å²) in [4.78, 5) is 20.4. The summed E-state index contributed by atoms with van der Waals surface area (Å²) in [6, 6.07) is 11.2. The van der Waals surface area contributed by atoms with Crippen LogP contribution in [-0.2, 0) is 11.2 Å². The van der Waals surface area contributed by atoms with E-state index in [9.17, 15) is 4.79 Å². The second kappa shape index (κ2) is 7.71. The van der Waals surface area contributed by atoms with Gasteiger partial charge in [0.05, 0.1) is 6.42 Å². The SMILES string of the molecule is O=C(Cc1ccc(Cl)cc1)N1CCN(c2ccc(-n3cncn3)nn2)CC1. The minimum atomic E-state index is 0.129. The Morgan fingerprint density at radius 2 is 1.67 bits per heavy atom. The largest absolute Gasteiger partial charge is 0.352 e. The monoisotopic (exact) mass is 383 g/mol. The lowest BCUT2D eigenvalue weighted by atomic mass is 10.1. The molecule has 0 N–H and O–H groups in total. The molecule has 3 aromatic rings. The van der Waals surface area contributed by atoms with Crippen molar-refractivity contribution >= 4 is 23.3 Å². The zero-order valence-electron chi connectivity index (χ0n) is 14.6. The van der Waals surface area contributed by atoms with Gasteiger partial charge in [-0.15, -0.1) is 10.2 Å². The topological polar surface area (TPSA) is 80.0 Å². The molecule has 27 heavy (non-hydrogen) atoms. The van der Waals surface area contributed by atoms with Crippen molar-refractivity contribution in [3.05, 3.63) is 59.6 Å². The molecule has 138 valence electrons. The Labute approximate surface area is 161 Å². The first-order valence-corrected chi connectivity index (χ1v) is 9.03. The highest BCUT2D eigenvalue weighted by molar-refractivity contribution is 6.30. The average Bonchev–Trinajstić information content (AvgIpc) is 3.25. The summed E-state index contributed by atoms with van der Waals surface area (Å²) in [5, 5.41) is 13.2. The maximum atomic E-state index is 12.5. The highest BCUT2D eigenvalue weighted by Crippen LogP contribution is 2.15. The molecule has 0 radical (unpaired) electrons. The fourth-order valence-corrected chi connectivity index (χ4v) is 3.14. The number of halogens is 1. The number of carbonyl (C=O) groups is 1. The van der Waals surface area contributed by atoms with E-state index in [4.69, 9.17) is 11.6 Å². The number of amides is 1. The van der Waals surface area contributed by atoms with Crippen LogP contribution in [0.25, 0.3) is 5.82 Å². The second-order valence-electron chi connectivity index (χ2n) is 6.26. The second-order valence-corrected chi connectivity index (χ2v) is 6.70. The van der Waals surface area contributed by atoms with Crippen LogP contribution >= 0.6 is 11.6 Å². The maximum absolute atomic E-state index is 12.5. The van der Waals surface area contributed by atoms with Crippen LogP contribution in [0.3, 0.4) is 0 Å². The number of rotatable bonds is 4. The predicted molar refractivity (Wildman–Crippen MR) is 101 cm³/mol. The molecule has 0 aliphatic carbocycles. The summed E-state index contributed by atoms with van der Waals surface area (Å²) in [5.41, 5.74) is 0.974. The van der Waals surface area contributed by atoms with Crippen molar-refractivity contribution in [3.63, 3.8) is 0 Å². The summed E-state index contributed by atoms with van der Waals surface area (Å²) in [6.07, 6.45) is 3.42. The van der Waals surface area contributed by atoms with Gasteiger partial charge in [0.2, 0.25) is 5.91 Å². The van der Waals surface area contributed by atoms with Gasteiger partial charge in [-0.3, -0.25) is 4.79 Å². The molecular formula is C18H18ClN7O. The zero-order valence-corrected chi connectivity index (χ0v) is 15.3. The van der Waals surface area contributed by atoms with Gasteiger partial charge < -0.3 is 9.80 Å². The number of carbonyl (C=O) groups excluding carboxylic acids is 1. The number of aromatic nitrogens is 5. The molecule has 0 unspecified atom stereocenters. The first-order chi connectivity index (χ1) is 13.2. The summed E-state index contributed by atoms with van der Waals surface area (Å²) < 4.78 is 1.56. The van der Waals surface area contributed by atoms with Gasteiger partial charge in [0.15, 0.2) is 11.6 Å². The molecule has 1 fully saturated rings. The molecule has 9 heteroatoms.